The van der Waals surface area contributed by atoms with Crippen LogP contribution in [-0.2, 0) is 4.79 Å². The predicted molar refractivity (Wildman–Crippen MR) is 74.8 cm³/mol. The first kappa shape index (κ1) is 14.2. The first-order valence-corrected chi connectivity index (χ1v) is 8.16. The molecule has 0 aromatic carbocycles. The second-order valence-electron chi connectivity index (χ2n) is 5.15. The average Bonchev–Trinajstić information content (AvgIpc) is 2.86. The van der Waals surface area contributed by atoms with Crippen molar-refractivity contribution in [3.05, 3.63) is 0 Å². The molecule has 2 aliphatic heterocycles. The Morgan fingerprint density at radius 3 is 2.78 bits per heavy atom. The lowest BCUT2D eigenvalue weighted by Crippen LogP contribution is -2.49. The molecule has 18 heavy (non-hydrogen) atoms. The van der Waals surface area contributed by atoms with Gasteiger partial charge in [0.1, 0.15) is 0 Å². The van der Waals surface area contributed by atoms with Crippen molar-refractivity contribution in [2.24, 2.45) is 0 Å². The molecule has 5 heteroatoms. The number of aliphatic hydroxyl groups is 1. The fourth-order valence-corrected chi connectivity index (χ4v) is 3.62. The fraction of sp³-hybridized carbons (Fsp3) is 0.923. The molecule has 1 N–H and O–H groups in total. The molecule has 2 unspecified atom stereocenters. The van der Waals surface area contributed by atoms with E-state index in [1.807, 2.05) is 23.6 Å². The Hall–Kier alpha value is -0.260. The van der Waals surface area contributed by atoms with Crippen molar-refractivity contribution >= 4 is 17.7 Å². The van der Waals surface area contributed by atoms with Gasteiger partial charge in [0.15, 0.2) is 0 Å². The number of aliphatic hydroxyl groups excluding tert-OH is 1. The zero-order chi connectivity index (χ0) is 13.0. The number of hydrogen-bond donors (Lipinski definition) is 1. The molecule has 2 heterocycles. The summed E-state index contributed by atoms with van der Waals surface area (Å²) < 4.78 is 0. The maximum Gasteiger partial charge on any atom is 0.239 e. The van der Waals surface area contributed by atoms with Gasteiger partial charge in [-0.2, -0.15) is 11.8 Å². The van der Waals surface area contributed by atoms with Gasteiger partial charge in [-0.15, -0.1) is 0 Å². The van der Waals surface area contributed by atoms with Crippen LogP contribution in [0.3, 0.4) is 0 Å². The number of likely N-dealkylation sites (tertiary alicyclic amines) is 1. The Kier molecular flexibility index (Phi) is 5.33. The van der Waals surface area contributed by atoms with Crippen molar-refractivity contribution in [1.82, 2.24) is 9.80 Å². The number of hydrogen-bond acceptors (Lipinski definition) is 4. The lowest BCUT2D eigenvalue weighted by molar-refractivity contribution is -0.136. The molecule has 4 nitrogen and oxygen atoms in total. The standard InChI is InChI=1S/C13H24N2O2S/c1-2-11(16)10-15-5-3-4-12(15)13(17)14-6-8-18-9-7-14/h11-12,16H,2-10H2,1H3. The van der Waals surface area contributed by atoms with Crippen molar-refractivity contribution in [3.8, 4) is 0 Å². The highest BCUT2D eigenvalue weighted by Crippen LogP contribution is 2.21. The number of rotatable bonds is 4. The maximum atomic E-state index is 12.5. The minimum absolute atomic E-state index is 0.0225. The molecule has 2 aliphatic rings. The van der Waals surface area contributed by atoms with E-state index in [1.54, 1.807) is 0 Å². The minimum Gasteiger partial charge on any atom is -0.392 e. The fourth-order valence-electron chi connectivity index (χ4n) is 2.72. The number of nitrogens with zero attached hydrogens (tertiary/aromatic N) is 2. The van der Waals surface area contributed by atoms with Crippen molar-refractivity contribution in [3.63, 3.8) is 0 Å². The van der Waals surface area contributed by atoms with Crippen LogP contribution in [0, 0.1) is 0 Å². The van der Waals surface area contributed by atoms with E-state index in [2.05, 4.69) is 4.90 Å². The third-order valence-electron chi connectivity index (χ3n) is 3.89. The third kappa shape index (κ3) is 3.39. The van der Waals surface area contributed by atoms with Gasteiger partial charge in [-0.05, 0) is 25.8 Å². The Morgan fingerprint density at radius 1 is 1.39 bits per heavy atom. The van der Waals surface area contributed by atoms with Gasteiger partial charge in [-0.25, -0.2) is 0 Å². The zero-order valence-electron chi connectivity index (χ0n) is 11.2. The summed E-state index contributed by atoms with van der Waals surface area (Å²) in [5.41, 5.74) is 0. The van der Waals surface area contributed by atoms with E-state index >= 15 is 0 Å². The average molecular weight is 272 g/mol. The van der Waals surface area contributed by atoms with Crippen LogP contribution < -0.4 is 0 Å². The lowest BCUT2D eigenvalue weighted by atomic mass is 10.1. The van der Waals surface area contributed by atoms with Gasteiger partial charge in [0.25, 0.3) is 0 Å². The van der Waals surface area contributed by atoms with Gasteiger partial charge >= 0.3 is 0 Å². The molecular weight excluding hydrogens is 248 g/mol. The summed E-state index contributed by atoms with van der Waals surface area (Å²) in [6.07, 6.45) is 2.50. The van der Waals surface area contributed by atoms with Crippen LogP contribution in [0.4, 0.5) is 0 Å². The Labute approximate surface area is 114 Å². The topological polar surface area (TPSA) is 43.8 Å². The molecule has 1 amide bonds. The lowest BCUT2D eigenvalue weighted by Gasteiger charge is -2.33. The summed E-state index contributed by atoms with van der Waals surface area (Å²) in [6, 6.07) is 0.0225. The summed E-state index contributed by atoms with van der Waals surface area (Å²) in [4.78, 5) is 16.7. The third-order valence-corrected chi connectivity index (χ3v) is 4.83. The summed E-state index contributed by atoms with van der Waals surface area (Å²) in [7, 11) is 0. The second kappa shape index (κ2) is 6.78. The molecule has 2 atom stereocenters. The number of carbonyl (C=O) groups excluding carboxylic acids is 1. The first-order valence-electron chi connectivity index (χ1n) is 7.01. The molecule has 0 spiro atoms. The van der Waals surface area contributed by atoms with Crippen LogP contribution in [0.5, 0.6) is 0 Å². The van der Waals surface area contributed by atoms with Gasteiger partial charge in [0.05, 0.1) is 12.1 Å². The van der Waals surface area contributed by atoms with E-state index in [1.165, 1.54) is 0 Å². The van der Waals surface area contributed by atoms with Crippen molar-refractivity contribution < 1.29 is 9.90 Å². The van der Waals surface area contributed by atoms with Gasteiger partial charge in [0.2, 0.25) is 5.91 Å². The normalized spacial score (nSPS) is 27.4. The van der Waals surface area contributed by atoms with Crippen LogP contribution >= 0.6 is 11.8 Å². The molecule has 2 rings (SSSR count). The minimum atomic E-state index is -0.296. The Morgan fingerprint density at radius 2 is 2.11 bits per heavy atom. The van der Waals surface area contributed by atoms with Crippen LogP contribution in [0.15, 0.2) is 0 Å². The number of β-amino-alcohol motifs (C(OH)–C–C–N with tert-alkyl or cyclic N) is 1. The van der Waals surface area contributed by atoms with E-state index in [4.69, 9.17) is 0 Å². The zero-order valence-corrected chi connectivity index (χ0v) is 12.0. The van der Waals surface area contributed by atoms with E-state index in [-0.39, 0.29) is 18.1 Å². The monoisotopic (exact) mass is 272 g/mol. The molecule has 0 radical (unpaired) electrons. The molecular formula is C13H24N2O2S. The second-order valence-corrected chi connectivity index (χ2v) is 6.38. The highest BCUT2D eigenvalue weighted by Gasteiger charge is 2.34. The number of carbonyl (C=O) groups is 1. The van der Waals surface area contributed by atoms with Crippen LogP contribution in [0.25, 0.3) is 0 Å². The summed E-state index contributed by atoms with van der Waals surface area (Å²) in [6.45, 7) is 5.37. The van der Waals surface area contributed by atoms with Gasteiger partial charge in [0, 0.05) is 31.1 Å². The quantitative estimate of drug-likeness (QED) is 0.822. The number of thioether (sulfide) groups is 1. The maximum absolute atomic E-state index is 12.5. The van der Waals surface area contributed by atoms with Crippen molar-refractivity contribution in [1.29, 1.82) is 0 Å². The number of amides is 1. The van der Waals surface area contributed by atoms with Gasteiger partial charge in [-0.3, -0.25) is 9.69 Å². The van der Waals surface area contributed by atoms with Crippen LogP contribution in [0.1, 0.15) is 26.2 Å². The molecule has 0 aromatic heterocycles. The van der Waals surface area contributed by atoms with E-state index in [0.717, 1.165) is 50.4 Å². The largest absolute Gasteiger partial charge is 0.392 e. The van der Waals surface area contributed by atoms with Gasteiger partial charge in [-0.1, -0.05) is 6.92 Å². The first-order chi connectivity index (χ1) is 8.72. The van der Waals surface area contributed by atoms with E-state index in [0.29, 0.717) is 6.54 Å². The highest BCUT2D eigenvalue weighted by molar-refractivity contribution is 7.99. The summed E-state index contributed by atoms with van der Waals surface area (Å²) in [5, 5.41) is 9.76. The van der Waals surface area contributed by atoms with Crippen molar-refractivity contribution in [2.45, 2.75) is 38.3 Å². The molecule has 2 saturated heterocycles. The summed E-state index contributed by atoms with van der Waals surface area (Å²) >= 11 is 1.93. The molecule has 0 aromatic rings. The molecule has 2 fully saturated rings. The molecule has 104 valence electrons. The van der Waals surface area contributed by atoms with Gasteiger partial charge < -0.3 is 10.0 Å². The molecule has 0 aliphatic carbocycles. The van der Waals surface area contributed by atoms with Crippen LogP contribution in [-0.4, -0.2) is 70.6 Å². The molecule has 0 saturated carbocycles. The molecule has 0 bridgehead atoms. The van der Waals surface area contributed by atoms with E-state index in [9.17, 15) is 9.90 Å². The SMILES string of the molecule is CCC(O)CN1CCCC1C(=O)N1CCSCC1. The smallest absolute Gasteiger partial charge is 0.239 e. The summed E-state index contributed by atoms with van der Waals surface area (Å²) in [5.74, 6) is 2.42. The Balaban J connectivity index is 1.91. The van der Waals surface area contributed by atoms with Crippen molar-refractivity contribution in [2.75, 3.05) is 37.7 Å². The Bertz CT molecular complexity index is 282. The van der Waals surface area contributed by atoms with Crippen LogP contribution in [0.2, 0.25) is 0 Å². The highest BCUT2D eigenvalue weighted by atomic mass is 32.2. The van der Waals surface area contributed by atoms with E-state index < -0.39 is 0 Å². The predicted octanol–water partition coefficient (Wildman–Crippen LogP) is 0.797.